The normalized spacial score (nSPS) is 11.1. The highest BCUT2D eigenvalue weighted by Gasteiger charge is 2.11. The van der Waals surface area contributed by atoms with Crippen molar-refractivity contribution >= 4 is 17.6 Å². The van der Waals surface area contributed by atoms with Crippen molar-refractivity contribution in [2.75, 3.05) is 20.3 Å². The first kappa shape index (κ1) is 17.2. The summed E-state index contributed by atoms with van der Waals surface area (Å²) in [6, 6.07) is 3.64. The molecular weight excluding hydrogens is 290 g/mol. The van der Waals surface area contributed by atoms with Gasteiger partial charge in [-0.1, -0.05) is 23.8 Å². The van der Waals surface area contributed by atoms with E-state index in [1.165, 1.54) is 0 Å². The molecule has 0 fully saturated rings. The molecule has 0 saturated carbocycles. The zero-order valence-corrected chi connectivity index (χ0v) is 13.5. The maximum absolute atomic E-state index is 6.20. The Hall–Kier alpha value is -1.88. The molecule has 1 aromatic carbocycles. The molecule has 0 unspecified atom stereocenters. The van der Waals surface area contributed by atoms with Gasteiger partial charge < -0.3 is 20.5 Å². The van der Waals surface area contributed by atoms with Crippen molar-refractivity contribution in [3.63, 3.8) is 0 Å². The van der Waals surface area contributed by atoms with Gasteiger partial charge in [-0.15, -0.1) is 0 Å². The van der Waals surface area contributed by atoms with Crippen LogP contribution in [0.15, 0.2) is 29.3 Å². The van der Waals surface area contributed by atoms with E-state index in [2.05, 4.69) is 16.9 Å². The molecule has 0 aliphatic rings. The standard InChI is InChI=1S/C15H22ClN3O2/c1-5-21-14-12(16)6-11(7-13(14)20-4)9-19-15(17)18-8-10(2)3/h6-7H,2,5,8-9H2,1,3-4H3,(H3,17,18,19). The number of ether oxygens (including phenoxy) is 2. The molecule has 6 heteroatoms. The van der Waals surface area contributed by atoms with Gasteiger partial charge >= 0.3 is 0 Å². The molecule has 0 heterocycles. The molecular formula is C15H22ClN3O2. The number of nitrogens with one attached hydrogen (secondary N) is 1. The Morgan fingerprint density at radius 3 is 2.76 bits per heavy atom. The molecule has 0 amide bonds. The van der Waals surface area contributed by atoms with Crippen molar-refractivity contribution in [2.24, 2.45) is 10.7 Å². The van der Waals surface area contributed by atoms with Crippen molar-refractivity contribution in [2.45, 2.75) is 20.4 Å². The highest BCUT2D eigenvalue weighted by Crippen LogP contribution is 2.36. The Morgan fingerprint density at radius 2 is 2.19 bits per heavy atom. The van der Waals surface area contributed by atoms with E-state index in [1.807, 2.05) is 19.9 Å². The number of nitrogens with zero attached hydrogens (tertiary/aromatic N) is 1. The molecule has 0 aliphatic heterocycles. The third-order valence-corrected chi connectivity index (χ3v) is 2.86. The van der Waals surface area contributed by atoms with Crippen LogP contribution in [0.25, 0.3) is 0 Å². The lowest BCUT2D eigenvalue weighted by molar-refractivity contribution is 0.311. The van der Waals surface area contributed by atoms with Crippen molar-refractivity contribution in [3.8, 4) is 11.5 Å². The van der Waals surface area contributed by atoms with E-state index in [1.54, 1.807) is 13.2 Å². The van der Waals surface area contributed by atoms with Crippen LogP contribution in [-0.2, 0) is 6.54 Å². The van der Waals surface area contributed by atoms with Crippen LogP contribution in [0.5, 0.6) is 11.5 Å². The third-order valence-electron chi connectivity index (χ3n) is 2.58. The van der Waals surface area contributed by atoms with Gasteiger partial charge in [-0.25, -0.2) is 4.99 Å². The molecule has 1 aromatic rings. The van der Waals surface area contributed by atoms with E-state index in [0.29, 0.717) is 42.2 Å². The molecule has 0 bridgehead atoms. The number of benzene rings is 1. The predicted octanol–water partition coefficient (Wildman–Crippen LogP) is 2.73. The van der Waals surface area contributed by atoms with Crippen LogP contribution in [-0.4, -0.2) is 26.2 Å². The monoisotopic (exact) mass is 311 g/mol. The van der Waals surface area contributed by atoms with Gasteiger partial charge in [0.25, 0.3) is 0 Å². The van der Waals surface area contributed by atoms with Crippen LogP contribution in [0, 0.1) is 0 Å². The number of hydrogen-bond acceptors (Lipinski definition) is 3. The maximum atomic E-state index is 6.20. The summed E-state index contributed by atoms with van der Waals surface area (Å²) in [4.78, 5) is 4.25. The van der Waals surface area contributed by atoms with Crippen molar-refractivity contribution in [3.05, 3.63) is 34.9 Å². The van der Waals surface area contributed by atoms with Crippen molar-refractivity contribution in [1.29, 1.82) is 0 Å². The van der Waals surface area contributed by atoms with Gasteiger partial charge in [0, 0.05) is 6.54 Å². The fraction of sp³-hybridized carbons (Fsp3) is 0.400. The number of halogens is 1. The summed E-state index contributed by atoms with van der Waals surface area (Å²) >= 11 is 6.20. The van der Waals surface area contributed by atoms with Crippen LogP contribution >= 0.6 is 11.6 Å². The summed E-state index contributed by atoms with van der Waals surface area (Å²) < 4.78 is 10.8. The number of hydrogen-bond donors (Lipinski definition) is 2. The molecule has 21 heavy (non-hydrogen) atoms. The molecule has 0 aromatic heterocycles. The summed E-state index contributed by atoms with van der Waals surface area (Å²) in [6.07, 6.45) is 0. The Balaban J connectivity index is 2.82. The SMILES string of the molecule is C=C(C)CNC(N)=NCc1cc(Cl)c(OCC)c(OC)c1. The maximum Gasteiger partial charge on any atom is 0.189 e. The van der Waals surface area contributed by atoms with E-state index >= 15 is 0 Å². The number of rotatable bonds is 7. The fourth-order valence-electron chi connectivity index (χ4n) is 1.62. The van der Waals surface area contributed by atoms with Crippen LogP contribution < -0.4 is 20.5 Å². The minimum absolute atomic E-state index is 0.363. The second-order valence-electron chi connectivity index (χ2n) is 4.55. The fourth-order valence-corrected chi connectivity index (χ4v) is 1.91. The molecule has 5 nitrogen and oxygen atoms in total. The predicted molar refractivity (Wildman–Crippen MR) is 87.3 cm³/mol. The van der Waals surface area contributed by atoms with E-state index < -0.39 is 0 Å². The highest BCUT2D eigenvalue weighted by molar-refractivity contribution is 6.32. The summed E-state index contributed by atoms with van der Waals surface area (Å²) in [5.41, 5.74) is 7.64. The van der Waals surface area contributed by atoms with Gasteiger partial charge in [0.05, 0.1) is 25.3 Å². The van der Waals surface area contributed by atoms with Gasteiger partial charge in [-0.05, 0) is 31.5 Å². The van der Waals surface area contributed by atoms with E-state index in [9.17, 15) is 0 Å². The second kappa shape index (κ2) is 8.42. The Bertz CT molecular complexity index is 530. The third kappa shape index (κ3) is 5.55. The number of nitrogens with two attached hydrogens (primary N) is 1. The number of guanidine groups is 1. The molecule has 0 aliphatic carbocycles. The average Bonchev–Trinajstić information content (AvgIpc) is 2.45. The first-order chi connectivity index (χ1) is 9.97. The lowest BCUT2D eigenvalue weighted by Gasteiger charge is -2.12. The van der Waals surface area contributed by atoms with Crippen molar-refractivity contribution < 1.29 is 9.47 Å². The van der Waals surface area contributed by atoms with Crippen LogP contribution in [0.3, 0.4) is 0 Å². The van der Waals surface area contributed by atoms with Crippen LogP contribution in [0.4, 0.5) is 0 Å². The molecule has 0 radical (unpaired) electrons. The smallest absolute Gasteiger partial charge is 0.189 e. The quantitative estimate of drug-likeness (QED) is 0.461. The Labute approximate surface area is 130 Å². The minimum atomic E-state index is 0.363. The number of methoxy groups -OCH3 is 1. The topological polar surface area (TPSA) is 68.9 Å². The first-order valence-electron chi connectivity index (χ1n) is 6.65. The molecule has 116 valence electrons. The van der Waals surface area contributed by atoms with Gasteiger partial charge in [0.15, 0.2) is 17.5 Å². The first-order valence-corrected chi connectivity index (χ1v) is 7.03. The molecule has 0 spiro atoms. The zero-order valence-electron chi connectivity index (χ0n) is 12.7. The summed E-state index contributed by atoms with van der Waals surface area (Å²) in [5, 5.41) is 3.46. The summed E-state index contributed by atoms with van der Waals surface area (Å²) in [7, 11) is 1.57. The summed E-state index contributed by atoms with van der Waals surface area (Å²) in [6.45, 7) is 9.11. The molecule has 0 atom stereocenters. The van der Waals surface area contributed by atoms with Gasteiger partial charge in [0.1, 0.15) is 0 Å². The summed E-state index contributed by atoms with van der Waals surface area (Å²) in [5.74, 6) is 1.49. The van der Waals surface area contributed by atoms with Gasteiger partial charge in [0.2, 0.25) is 0 Å². The van der Waals surface area contributed by atoms with E-state index in [0.717, 1.165) is 11.1 Å². The lowest BCUT2D eigenvalue weighted by atomic mass is 10.2. The van der Waals surface area contributed by atoms with Crippen molar-refractivity contribution in [1.82, 2.24) is 5.32 Å². The molecule has 3 N–H and O–H groups in total. The van der Waals surface area contributed by atoms with Crippen LogP contribution in [0.1, 0.15) is 19.4 Å². The highest BCUT2D eigenvalue weighted by atomic mass is 35.5. The van der Waals surface area contributed by atoms with E-state index in [-0.39, 0.29) is 0 Å². The lowest BCUT2D eigenvalue weighted by Crippen LogP contribution is -2.32. The Morgan fingerprint density at radius 1 is 1.48 bits per heavy atom. The zero-order chi connectivity index (χ0) is 15.8. The largest absolute Gasteiger partial charge is 0.493 e. The average molecular weight is 312 g/mol. The van der Waals surface area contributed by atoms with Gasteiger partial charge in [-0.3, -0.25) is 0 Å². The van der Waals surface area contributed by atoms with Gasteiger partial charge in [-0.2, -0.15) is 0 Å². The second-order valence-corrected chi connectivity index (χ2v) is 4.96. The molecule has 0 saturated heterocycles. The van der Waals surface area contributed by atoms with Crippen LogP contribution in [0.2, 0.25) is 5.02 Å². The Kier molecular flexibility index (Phi) is 6.88. The van der Waals surface area contributed by atoms with E-state index in [4.69, 9.17) is 26.8 Å². The number of aliphatic imine (C=N–C) groups is 1. The molecule has 1 rings (SSSR count). The minimum Gasteiger partial charge on any atom is -0.493 e.